The Balaban J connectivity index is 1.83. The van der Waals surface area contributed by atoms with Gasteiger partial charge in [-0.25, -0.2) is 9.97 Å². The van der Waals surface area contributed by atoms with Gasteiger partial charge in [-0.05, 0) is 29.3 Å². The zero-order valence-corrected chi connectivity index (χ0v) is 9.72. The van der Waals surface area contributed by atoms with E-state index >= 15 is 0 Å². The maximum absolute atomic E-state index is 10.8. The number of hydrogen-bond donors (Lipinski definition) is 1. The molecule has 0 saturated heterocycles. The van der Waals surface area contributed by atoms with Crippen LogP contribution in [-0.4, -0.2) is 21.0 Å². The van der Waals surface area contributed by atoms with E-state index in [1.54, 1.807) is 23.7 Å². The van der Waals surface area contributed by atoms with Gasteiger partial charge < -0.3 is 5.11 Å². The van der Waals surface area contributed by atoms with Gasteiger partial charge in [-0.2, -0.15) is 0 Å². The summed E-state index contributed by atoms with van der Waals surface area (Å²) in [6, 6.07) is 2.05. The molecular formula is C12H10N2O2S. The molecule has 0 aliphatic heterocycles. The third-order valence-corrected chi connectivity index (χ3v) is 4.00. The molecule has 2 aromatic rings. The van der Waals surface area contributed by atoms with E-state index in [1.807, 2.05) is 5.38 Å². The number of aliphatic carboxylic acids is 1. The summed E-state index contributed by atoms with van der Waals surface area (Å²) in [5.41, 5.74) is 2.11. The van der Waals surface area contributed by atoms with Crippen molar-refractivity contribution in [3.8, 4) is 10.4 Å². The summed E-state index contributed by atoms with van der Waals surface area (Å²) < 4.78 is 0. The molecule has 4 nitrogen and oxygen atoms in total. The van der Waals surface area contributed by atoms with Gasteiger partial charge in [0.2, 0.25) is 0 Å². The summed E-state index contributed by atoms with van der Waals surface area (Å²) in [4.78, 5) is 19.9. The molecule has 5 heteroatoms. The van der Waals surface area contributed by atoms with E-state index in [2.05, 4.69) is 16.0 Å². The summed E-state index contributed by atoms with van der Waals surface area (Å²) in [5, 5.41) is 10.9. The fourth-order valence-corrected chi connectivity index (χ4v) is 2.91. The molecule has 0 amide bonds. The number of rotatable bonds is 3. The van der Waals surface area contributed by atoms with E-state index in [0.29, 0.717) is 0 Å². The molecule has 0 radical (unpaired) electrons. The number of thiophene rings is 1. The zero-order chi connectivity index (χ0) is 11.8. The molecule has 2 heterocycles. The van der Waals surface area contributed by atoms with Crippen LogP contribution in [0.2, 0.25) is 0 Å². The van der Waals surface area contributed by atoms with Crippen LogP contribution in [0.5, 0.6) is 0 Å². The Morgan fingerprint density at radius 1 is 1.41 bits per heavy atom. The highest BCUT2D eigenvalue weighted by Crippen LogP contribution is 2.49. The van der Waals surface area contributed by atoms with Crippen molar-refractivity contribution < 1.29 is 9.90 Å². The van der Waals surface area contributed by atoms with Crippen LogP contribution in [0.4, 0.5) is 0 Å². The van der Waals surface area contributed by atoms with Gasteiger partial charge in [0.1, 0.15) is 6.33 Å². The predicted octanol–water partition coefficient (Wildman–Crippen LogP) is 2.39. The fraction of sp³-hybridized carbons (Fsp3) is 0.250. The standard InChI is InChI=1S/C12H10N2O2S/c15-12(16)10-2-9(10)7-1-11(17-5-7)8-3-13-6-14-4-8/h1,3-6,9-10H,2H2,(H,15,16)/t9-,10+/m0/s1. The third-order valence-electron chi connectivity index (χ3n) is 3.00. The minimum atomic E-state index is -0.689. The molecule has 0 spiro atoms. The van der Waals surface area contributed by atoms with E-state index in [-0.39, 0.29) is 11.8 Å². The van der Waals surface area contributed by atoms with Crippen LogP contribution >= 0.6 is 11.3 Å². The fourth-order valence-electron chi connectivity index (χ4n) is 1.96. The van der Waals surface area contributed by atoms with Crippen LogP contribution in [-0.2, 0) is 4.79 Å². The van der Waals surface area contributed by atoms with E-state index in [1.165, 1.54) is 6.33 Å². The van der Waals surface area contributed by atoms with Crippen LogP contribution < -0.4 is 0 Å². The zero-order valence-electron chi connectivity index (χ0n) is 8.91. The lowest BCUT2D eigenvalue weighted by Gasteiger charge is -1.93. The first kappa shape index (κ1) is 10.4. The van der Waals surface area contributed by atoms with Gasteiger partial charge in [0.25, 0.3) is 0 Å². The third kappa shape index (κ3) is 1.93. The Morgan fingerprint density at radius 3 is 2.82 bits per heavy atom. The maximum Gasteiger partial charge on any atom is 0.307 e. The predicted molar refractivity (Wildman–Crippen MR) is 63.8 cm³/mol. The van der Waals surface area contributed by atoms with E-state index in [9.17, 15) is 4.79 Å². The minimum absolute atomic E-state index is 0.190. The highest BCUT2D eigenvalue weighted by atomic mass is 32.1. The topological polar surface area (TPSA) is 63.1 Å². The van der Waals surface area contributed by atoms with Crippen molar-refractivity contribution in [3.05, 3.63) is 35.7 Å². The molecule has 1 fully saturated rings. The van der Waals surface area contributed by atoms with Crippen LogP contribution in [0.15, 0.2) is 30.2 Å². The van der Waals surface area contributed by atoms with Gasteiger partial charge in [-0.15, -0.1) is 11.3 Å². The normalized spacial score (nSPS) is 22.4. The quantitative estimate of drug-likeness (QED) is 0.903. The molecule has 17 heavy (non-hydrogen) atoms. The molecule has 1 aliphatic carbocycles. The molecule has 1 N–H and O–H groups in total. The van der Waals surface area contributed by atoms with Gasteiger partial charge >= 0.3 is 5.97 Å². The minimum Gasteiger partial charge on any atom is -0.481 e. The first-order valence-electron chi connectivity index (χ1n) is 5.32. The number of carboxylic acid groups (broad SMARTS) is 1. The Kier molecular flexibility index (Phi) is 2.40. The summed E-state index contributed by atoms with van der Waals surface area (Å²) in [6.45, 7) is 0. The van der Waals surface area contributed by atoms with Crippen molar-refractivity contribution in [2.24, 2.45) is 5.92 Å². The van der Waals surface area contributed by atoms with Gasteiger partial charge in [-0.1, -0.05) is 0 Å². The maximum atomic E-state index is 10.8. The van der Waals surface area contributed by atoms with Gasteiger partial charge in [0.05, 0.1) is 5.92 Å². The SMILES string of the molecule is O=C(O)[C@@H]1C[C@H]1c1csc(-c2cncnc2)c1. The molecule has 1 aliphatic rings. The second kappa shape index (κ2) is 3.92. The average molecular weight is 246 g/mol. The highest BCUT2D eigenvalue weighted by molar-refractivity contribution is 7.13. The first-order valence-corrected chi connectivity index (χ1v) is 6.20. The monoisotopic (exact) mass is 246 g/mol. The Hall–Kier alpha value is -1.75. The van der Waals surface area contributed by atoms with Crippen molar-refractivity contribution in [2.45, 2.75) is 12.3 Å². The molecule has 1 saturated carbocycles. The summed E-state index contributed by atoms with van der Waals surface area (Å²) in [6.07, 6.45) is 5.80. The molecular weight excluding hydrogens is 236 g/mol. The van der Waals surface area contributed by atoms with Crippen molar-refractivity contribution in [1.29, 1.82) is 0 Å². The number of aromatic nitrogens is 2. The van der Waals surface area contributed by atoms with E-state index < -0.39 is 5.97 Å². The molecule has 0 bridgehead atoms. The second-order valence-electron chi connectivity index (χ2n) is 4.16. The van der Waals surface area contributed by atoms with E-state index in [0.717, 1.165) is 22.4 Å². The number of hydrogen-bond acceptors (Lipinski definition) is 4. The smallest absolute Gasteiger partial charge is 0.307 e. The first-order chi connectivity index (χ1) is 8.25. The van der Waals surface area contributed by atoms with E-state index in [4.69, 9.17) is 5.11 Å². The number of carbonyl (C=O) groups is 1. The van der Waals surface area contributed by atoms with Crippen LogP contribution in [0, 0.1) is 5.92 Å². The summed E-state index contributed by atoms with van der Waals surface area (Å²) >= 11 is 1.61. The van der Waals surface area contributed by atoms with Crippen LogP contribution in [0.1, 0.15) is 17.9 Å². The number of nitrogens with zero attached hydrogens (tertiary/aromatic N) is 2. The molecule has 86 valence electrons. The molecule has 0 aromatic carbocycles. The van der Waals surface area contributed by atoms with Gasteiger partial charge in [-0.3, -0.25) is 4.79 Å². The Labute approximate surface area is 102 Å². The lowest BCUT2D eigenvalue weighted by Crippen LogP contribution is -1.98. The van der Waals surface area contributed by atoms with Crippen molar-refractivity contribution in [3.63, 3.8) is 0 Å². The lowest BCUT2D eigenvalue weighted by atomic mass is 10.1. The largest absolute Gasteiger partial charge is 0.481 e. The van der Waals surface area contributed by atoms with Crippen molar-refractivity contribution >= 4 is 17.3 Å². The average Bonchev–Trinajstić information content (AvgIpc) is 3.01. The lowest BCUT2D eigenvalue weighted by molar-refractivity contribution is -0.138. The van der Waals surface area contributed by atoms with Crippen molar-refractivity contribution in [2.75, 3.05) is 0 Å². The van der Waals surface area contributed by atoms with Crippen LogP contribution in [0.25, 0.3) is 10.4 Å². The highest BCUT2D eigenvalue weighted by Gasteiger charge is 2.44. The summed E-state index contributed by atoms with van der Waals surface area (Å²) in [7, 11) is 0. The van der Waals surface area contributed by atoms with Crippen molar-refractivity contribution in [1.82, 2.24) is 9.97 Å². The Bertz CT molecular complexity index is 553. The van der Waals surface area contributed by atoms with Gasteiger partial charge in [0.15, 0.2) is 0 Å². The van der Waals surface area contributed by atoms with Crippen LogP contribution in [0.3, 0.4) is 0 Å². The summed E-state index contributed by atoms with van der Waals surface area (Å²) in [5.74, 6) is -0.683. The Morgan fingerprint density at radius 2 is 2.18 bits per heavy atom. The number of carboxylic acids is 1. The molecule has 2 aromatic heterocycles. The second-order valence-corrected chi connectivity index (χ2v) is 5.07. The van der Waals surface area contributed by atoms with Gasteiger partial charge in [0, 0.05) is 22.8 Å². The molecule has 3 rings (SSSR count). The molecule has 2 atom stereocenters. The molecule has 0 unspecified atom stereocenters.